The van der Waals surface area contributed by atoms with Gasteiger partial charge in [0.1, 0.15) is 29.9 Å². The number of thiazole rings is 1. The van der Waals surface area contributed by atoms with Gasteiger partial charge in [0.25, 0.3) is 11.8 Å². The number of anilines is 1. The largest absolute Gasteiger partial charge is 0.504 e. The Labute approximate surface area is 206 Å². The lowest BCUT2D eigenvalue weighted by Gasteiger charge is -2.49. The van der Waals surface area contributed by atoms with E-state index in [-0.39, 0.29) is 39.5 Å². The number of nitrogen functional groups attached to an aromatic ring is 1. The van der Waals surface area contributed by atoms with Gasteiger partial charge in [-0.25, -0.2) is 9.78 Å². The van der Waals surface area contributed by atoms with Crippen molar-refractivity contribution < 1.29 is 34.5 Å². The van der Waals surface area contributed by atoms with Crippen LogP contribution in [0.25, 0.3) is 6.08 Å². The summed E-state index contributed by atoms with van der Waals surface area (Å²) in [6.07, 6.45) is 3.10. The first-order chi connectivity index (χ1) is 16.7. The zero-order valence-electron chi connectivity index (χ0n) is 18.0. The van der Waals surface area contributed by atoms with Crippen LogP contribution in [0.1, 0.15) is 11.3 Å². The molecule has 1 fully saturated rings. The second-order valence-corrected chi connectivity index (χ2v) is 9.31. The van der Waals surface area contributed by atoms with E-state index in [0.29, 0.717) is 11.1 Å². The van der Waals surface area contributed by atoms with Crippen LogP contribution in [-0.4, -0.2) is 73.0 Å². The van der Waals surface area contributed by atoms with Gasteiger partial charge in [-0.15, -0.1) is 23.1 Å². The normalized spacial score (nSPS) is 20.0. The van der Waals surface area contributed by atoms with Crippen molar-refractivity contribution in [2.75, 3.05) is 18.6 Å². The summed E-state index contributed by atoms with van der Waals surface area (Å²) in [5, 5.41) is 36.2. The highest BCUT2D eigenvalue weighted by molar-refractivity contribution is 8.00. The number of hydrogen-bond donors (Lipinski definition) is 5. The van der Waals surface area contributed by atoms with Crippen molar-refractivity contribution in [1.82, 2.24) is 15.2 Å². The van der Waals surface area contributed by atoms with Crippen LogP contribution in [0, 0.1) is 0 Å². The average molecular weight is 518 g/mol. The number of phenols is 2. The molecule has 2 aliphatic heterocycles. The molecular weight excluding hydrogens is 498 g/mol. The summed E-state index contributed by atoms with van der Waals surface area (Å²) < 4.78 is 0. The molecule has 1 aromatic heterocycles. The number of carbonyl (C=O) groups excluding carboxylic acids is 2. The van der Waals surface area contributed by atoms with Crippen molar-refractivity contribution in [1.29, 1.82) is 0 Å². The molecule has 0 radical (unpaired) electrons. The van der Waals surface area contributed by atoms with E-state index < -0.39 is 29.2 Å². The molecule has 4 rings (SSSR count). The zero-order valence-corrected chi connectivity index (χ0v) is 19.7. The summed E-state index contributed by atoms with van der Waals surface area (Å²) in [4.78, 5) is 47.5. The highest BCUT2D eigenvalue weighted by Gasteiger charge is 2.54. The number of fused-ring (bicyclic) bond motifs is 1. The minimum Gasteiger partial charge on any atom is -0.504 e. The fourth-order valence-corrected chi connectivity index (χ4v) is 5.38. The Kier molecular flexibility index (Phi) is 6.66. The second-order valence-electron chi connectivity index (χ2n) is 7.31. The third kappa shape index (κ3) is 4.65. The molecule has 1 aromatic carbocycles. The lowest BCUT2D eigenvalue weighted by Crippen LogP contribution is -2.71. The smallest absolute Gasteiger partial charge is 0.352 e. The molecule has 0 unspecified atom stereocenters. The number of aromatic hydroxyl groups is 2. The first-order valence-corrected chi connectivity index (χ1v) is 11.9. The van der Waals surface area contributed by atoms with Gasteiger partial charge in [0.15, 0.2) is 22.3 Å². The SMILES string of the molecule is CON=C(C(=O)N[C@@H]1C(=O)N2C(C(=O)O)=C(C=Cc3ccc(O)c(O)c3)CS[C@H]12)c1csc(N)n1. The van der Waals surface area contributed by atoms with Gasteiger partial charge < -0.3 is 31.2 Å². The molecule has 2 amide bonds. The van der Waals surface area contributed by atoms with Gasteiger partial charge in [0.05, 0.1) is 0 Å². The molecule has 35 heavy (non-hydrogen) atoms. The third-order valence-electron chi connectivity index (χ3n) is 5.13. The highest BCUT2D eigenvalue weighted by Crippen LogP contribution is 2.41. The monoisotopic (exact) mass is 517 g/mol. The van der Waals surface area contributed by atoms with Crippen LogP contribution < -0.4 is 11.1 Å². The number of phenolic OH excluding ortho intramolecular Hbond substituents is 2. The fourth-order valence-electron chi connectivity index (χ4n) is 3.51. The van der Waals surface area contributed by atoms with Crippen LogP contribution in [-0.2, 0) is 19.2 Å². The quantitative estimate of drug-likeness (QED) is 0.153. The lowest BCUT2D eigenvalue weighted by molar-refractivity contribution is -0.150. The van der Waals surface area contributed by atoms with E-state index in [1.807, 2.05) is 0 Å². The van der Waals surface area contributed by atoms with Crippen LogP contribution in [0.2, 0.25) is 0 Å². The first kappa shape index (κ1) is 24.1. The van der Waals surface area contributed by atoms with Crippen molar-refractivity contribution in [3.05, 3.63) is 52.2 Å². The van der Waals surface area contributed by atoms with E-state index in [2.05, 4.69) is 15.5 Å². The highest BCUT2D eigenvalue weighted by atomic mass is 32.2. The Bertz CT molecular complexity index is 1300. The number of aliphatic carboxylic acids is 1. The Morgan fingerprint density at radius 3 is 2.71 bits per heavy atom. The number of nitrogens with two attached hydrogens (primary N) is 1. The first-order valence-electron chi connectivity index (χ1n) is 9.95. The predicted molar refractivity (Wildman–Crippen MR) is 129 cm³/mol. The number of β-lactam (4-membered cyclic amide) rings is 1. The molecular formula is C21H19N5O7S2. The maximum atomic E-state index is 12.9. The molecule has 182 valence electrons. The summed E-state index contributed by atoms with van der Waals surface area (Å²) >= 11 is 2.39. The van der Waals surface area contributed by atoms with Crippen LogP contribution in [0.15, 0.2) is 46.1 Å². The molecule has 2 aliphatic rings. The number of carbonyl (C=O) groups is 3. The summed E-state index contributed by atoms with van der Waals surface area (Å²) in [6, 6.07) is 3.20. The zero-order chi connectivity index (χ0) is 25.3. The minimum atomic E-state index is -1.29. The number of carboxylic acid groups (broad SMARTS) is 1. The Morgan fingerprint density at radius 1 is 1.31 bits per heavy atom. The molecule has 6 N–H and O–H groups in total. The molecule has 12 nitrogen and oxygen atoms in total. The van der Waals surface area contributed by atoms with Gasteiger partial charge >= 0.3 is 5.97 Å². The third-order valence-corrected chi connectivity index (χ3v) is 7.10. The van der Waals surface area contributed by atoms with Crippen molar-refractivity contribution in [2.45, 2.75) is 11.4 Å². The van der Waals surface area contributed by atoms with Crippen molar-refractivity contribution in [2.24, 2.45) is 5.16 Å². The standard InChI is InChI=1S/C21H19N5O7S2/c1-33-25-14(11-8-35-21(22)23-11)17(29)24-15-18(30)26-16(20(31)32)10(7-34-19(15)26)4-2-9-3-5-12(27)13(28)6-9/h2-6,8,15,19,27-28H,7H2,1H3,(H2,22,23)(H,24,29)(H,31,32)/t15-,19-/m1/s1. The van der Waals surface area contributed by atoms with Crippen molar-refractivity contribution in [3.63, 3.8) is 0 Å². The van der Waals surface area contributed by atoms with E-state index in [4.69, 9.17) is 10.6 Å². The number of oxime groups is 1. The molecule has 2 aromatic rings. The van der Waals surface area contributed by atoms with E-state index in [1.54, 1.807) is 12.1 Å². The Hall–Kier alpha value is -4.04. The number of thioether (sulfide) groups is 1. The molecule has 2 atom stereocenters. The molecule has 0 saturated carbocycles. The van der Waals surface area contributed by atoms with E-state index in [0.717, 1.165) is 16.2 Å². The average Bonchev–Trinajstić information content (AvgIpc) is 3.26. The van der Waals surface area contributed by atoms with E-state index in [9.17, 15) is 29.7 Å². The van der Waals surface area contributed by atoms with Crippen molar-refractivity contribution >= 4 is 57.8 Å². The second kappa shape index (κ2) is 9.68. The number of nitrogens with one attached hydrogen (secondary N) is 1. The minimum absolute atomic E-state index is 0.165. The topological polar surface area (TPSA) is 188 Å². The van der Waals surface area contributed by atoms with Gasteiger partial charge in [-0.05, 0) is 23.3 Å². The Balaban J connectivity index is 1.54. The number of benzene rings is 1. The molecule has 14 heteroatoms. The lowest BCUT2D eigenvalue weighted by atomic mass is 10.0. The number of aromatic nitrogens is 1. The van der Waals surface area contributed by atoms with Crippen LogP contribution in [0.5, 0.6) is 11.5 Å². The van der Waals surface area contributed by atoms with Gasteiger partial charge in [0, 0.05) is 11.1 Å². The van der Waals surface area contributed by atoms with Gasteiger partial charge in [-0.3, -0.25) is 14.5 Å². The number of rotatable bonds is 7. The van der Waals surface area contributed by atoms with Gasteiger partial charge in [0.2, 0.25) is 0 Å². The molecule has 0 spiro atoms. The number of carboxylic acids is 1. The number of amides is 2. The van der Waals surface area contributed by atoms with Crippen LogP contribution in [0.4, 0.5) is 5.13 Å². The molecule has 3 heterocycles. The summed E-state index contributed by atoms with van der Waals surface area (Å²) in [6.45, 7) is 0. The summed E-state index contributed by atoms with van der Waals surface area (Å²) in [5.41, 5.74) is 6.35. The number of allylic oxidation sites excluding steroid dienone is 1. The van der Waals surface area contributed by atoms with E-state index >= 15 is 0 Å². The summed E-state index contributed by atoms with van der Waals surface area (Å²) in [5.74, 6) is -2.93. The van der Waals surface area contributed by atoms with Crippen LogP contribution in [0.3, 0.4) is 0 Å². The number of hydrogen-bond acceptors (Lipinski definition) is 11. The molecule has 1 saturated heterocycles. The fraction of sp³-hybridized carbons (Fsp3) is 0.190. The van der Waals surface area contributed by atoms with E-state index in [1.165, 1.54) is 42.5 Å². The Morgan fingerprint density at radius 2 is 2.09 bits per heavy atom. The van der Waals surface area contributed by atoms with Gasteiger partial charge in [-0.1, -0.05) is 23.4 Å². The number of nitrogens with zero attached hydrogens (tertiary/aromatic N) is 3. The maximum Gasteiger partial charge on any atom is 0.352 e. The van der Waals surface area contributed by atoms with Gasteiger partial charge in [-0.2, -0.15) is 0 Å². The maximum absolute atomic E-state index is 12.9. The molecule has 0 bridgehead atoms. The summed E-state index contributed by atoms with van der Waals surface area (Å²) in [7, 11) is 1.26. The predicted octanol–water partition coefficient (Wildman–Crippen LogP) is 0.939. The van der Waals surface area contributed by atoms with Crippen molar-refractivity contribution in [3.8, 4) is 11.5 Å². The molecule has 0 aliphatic carbocycles. The van der Waals surface area contributed by atoms with Crippen LogP contribution >= 0.6 is 23.1 Å².